The second-order valence-corrected chi connectivity index (χ2v) is 9.72. The Hall–Kier alpha value is -4.42. The monoisotopic (exact) mass is 519 g/mol. The number of piperazine rings is 1. The first-order valence-corrected chi connectivity index (χ1v) is 13.3. The number of rotatable bonds is 9. The van der Waals surface area contributed by atoms with Gasteiger partial charge in [0.2, 0.25) is 6.61 Å². The fraction of sp³-hybridized carbons (Fsp3) is 0.212. The Bertz CT molecular complexity index is 1360. The van der Waals surface area contributed by atoms with Crippen LogP contribution in [0.15, 0.2) is 114 Å². The van der Waals surface area contributed by atoms with Crippen molar-refractivity contribution in [1.82, 2.24) is 4.90 Å². The van der Waals surface area contributed by atoms with Crippen molar-refractivity contribution in [2.75, 3.05) is 37.7 Å². The number of benzene rings is 4. The molecular formula is C33H33N3O3. The molecule has 0 unspecified atom stereocenters. The van der Waals surface area contributed by atoms with Gasteiger partial charge in [-0.1, -0.05) is 102 Å². The molecule has 0 bridgehead atoms. The Balaban J connectivity index is 1.27. The van der Waals surface area contributed by atoms with Crippen LogP contribution in [0.4, 0.5) is 5.69 Å². The largest absolute Gasteiger partial charge is 0.479 e. The summed E-state index contributed by atoms with van der Waals surface area (Å²) < 4.78 is 0. The first-order chi connectivity index (χ1) is 19.1. The number of nitrogens with zero attached hydrogens (tertiary/aromatic N) is 3. The lowest BCUT2D eigenvalue weighted by molar-refractivity contribution is -0.142. The summed E-state index contributed by atoms with van der Waals surface area (Å²) in [4.78, 5) is 20.5. The number of hydrogen-bond acceptors (Lipinski definition) is 5. The number of aliphatic carboxylic acids is 1. The van der Waals surface area contributed by atoms with Crippen LogP contribution in [0.2, 0.25) is 0 Å². The second kappa shape index (κ2) is 12.4. The van der Waals surface area contributed by atoms with Crippen molar-refractivity contribution >= 4 is 17.4 Å². The summed E-state index contributed by atoms with van der Waals surface area (Å²) >= 11 is 0. The van der Waals surface area contributed by atoms with Gasteiger partial charge in [-0.25, -0.2) is 4.79 Å². The van der Waals surface area contributed by atoms with E-state index in [2.05, 4.69) is 112 Å². The van der Waals surface area contributed by atoms with Gasteiger partial charge in [-0.3, -0.25) is 4.90 Å². The van der Waals surface area contributed by atoms with Crippen molar-refractivity contribution in [2.24, 2.45) is 5.16 Å². The lowest BCUT2D eigenvalue weighted by atomic mass is 9.96. The molecule has 0 spiro atoms. The third-order valence-corrected chi connectivity index (χ3v) is 7.15. The molecule has 1 aliphatic heterocycles. The molecule has 4 aromatic carbocycles. The van der Waals surface area contributed by atoms with Crippen molar-refractivity contribution < 1.29 is 14.7 Å². The van der Waals surface area contributed by atoms with Crippen molar-refractivity contribution in [2.45, 2.75) is 13.0 Å². The molecule has 1 saturated heterocycles. The number of hydrogen-bond donors (Lipinski definition) is 1. The molecule has 39 heavy (non-hydrogen) atoms. The molecule has 6 heteroatoms. The van der Waals surface area contributed by atoms with E-state index in [0.717, 1.165) is 42.9 Å². The molecule has 1 fully saturated rings. The van der Waals surface area contributed by atoms with Gasteiger partial charge in [0.1, 0.15) is 0 Å². The predicted octanol–water partition coefficient (Wildman–Crippen LogP) is 6.09. The molecule has 0 saturated carbocycles. The highest BCUT2D eigenvalue weighted by atomic mass is 16.6. The average Bonchev–Trinajstić information content (AvgIpc) is 2.99. The lowest BCUT2D eigenvalue weighted by Gasteiger charge is -2.40. The van der Waals surface area contributed by atoms with E-state index >= 15 is 0 Å². The van der Waals surface area contributed by atoms with Gasteiger partial charge in [0.15, 0.2) is 0 Å². The van der Waals surface area contributed by atoms with Crippen molar-refractivity contribution in [3.8, 4) is 11.1 Å². The standard InChI is InChI=1S/C33H33N3O3/c1-25(34-39-24-32(37)38)26-15-17-27(18-16-26)30-13-8-14-31(23-30)35-19-21-36(22-20-35)33(28-9-4-2-5-10-28)29-11-6-3-7-12-29/h2-18,23,33H,19-22,24H2,1H3,(H,37,38)/b34-25+. The number of carbonyl (C=O) groups is 1. The van der Waals surface area contributed by atoms with E-state index in [1.807, 2.05) is 12.1 Å². The van der Waals surface area contributed by atoms with Gasteiger partial charge in [-0.2, -0.15) is 0 Å². The second-order valence-electron chi connectivity index (χ2n) is 9.72. The van der Waals surface area contributed by atoms with E-state index in [9.17, 15) is 4.79 Å². The minimum atomic E-state index is -1.05. The molecule has 0 aliphatic carbocycles. The van der Waals surface area contributed by atoms with Crippen LogP contribution in [0.1, 0.15) is 29.7 Å². The third kappa shape index (κ3) is 6.54. The fourth-order valence-electron chi connectivity index (χ4n) is 5.15. The molecule has 198 valence electrons. The smallest absolute Gasteiger partial charge is 0.344 e. The SMILES string of the molecule is C/C(=N\OCC(=O)O)c1ccc(-c2cccc(N3CCN(C(c4ccccc4)c4ccccc4)CC3)c2)cc1. The quantitative estimate of drug-likeness (QED) is 0.214. The first-order valence-electron chi connectivity index (χ1n) is 13.3. The summed E-state index contributed by atoms with van der Waals surface area (Å²) in [5, 5.41) is 12.6. The highest BCUT2D eigenvalue weighted by molar-refractivity contribution is 5.98. The average molecular weight is 520 g/mol. The summed E-state index contributed by atoms with van der Waals surface area (Å²) in [5.74, 6) is -1.05. The van der Waals surface area contributed by atoms with Crippen LogP contribution in [0, 0.1) is 0 Å². The van der Waals surface area contributed by atoms with E-state index in [-0.39, 0.29) is 6.04 Å². The van der Waals surface area contributed by atoms with Crippen LogP contribution in [-0.4, -0.2) is 54.5 Å². The molecule has 0 amide bonds. The maximum absolute atomic E-state index is 10.6. The number of anilines is 1. The Labute approximate surface area is 229 Å². The highest BCUT2D eigenvalue weighted by Gasteiger charge is 2.26. The molecular weight excluding hydrogens is 486 g/mol. The predicted molar refractivity (Wildman–Crippen MR) is 156 cm³/mol. The zero-order chi connectivity index (χ0) is 27.0. The topological polar surface area (TPSA) is 65.4 Å². The van der Waals surface area contributed by atoms with E-state index in [4.69, 9.17) is 9.94 Å². The van der Waals surface area contributed by atoms with Gasteiger partial charge in [-0.15, -0.1) is 0 Å². The Morgan fingerprint density at radius 2 is 1.41 bits per heavy atom. The lowest BCUT2D eigenvalue weighted by Crippen LogP contribution is -2.48. The summed E-state index contributed by atoms with van der Waals surface area (Å²) in [7, 11) is 0. The van der Waals surface area contributed by atoms with E-state index in [1.54, 1.807) is 6.92 Å². The van der Waals surface area contributed by atoms with Crippen LogP contribution >= 0.6 is 0 Å². The maximum atomic E-state index is 10.6. The molecule has 1 heterocycles. The Kier molecular flexibility index (Phi) is 8.34. The molecule has 6 nitrogen and oxygen atoms in total. The number of carboxylic acid groups (broad SMARTS) is 1. The fourth-order valence-corrected chi connectivity index (χ4v) is 5.15. The van der Waals surface area contributed by atoms with Gasteiger partial charge in [0, 0.05) is 31.9 Å². The first kappa shape index (κ1) is 26.2. The van der Waals surface area contributed by atoms with E-state index in [0.29, 0.717) is 5.71 Å². The van der Waals surface area contributed by atoms with Crippen molar-refractivity contribution in [1.29, 1.82) is 0 Å². The summed E-state index contributed by atoms with van der Waals surface area (Å²) in [6.07, 6.45) is 0. The van der Waals surface area contributed by atoms with Gasteiger partial charge < -0.3 is 14.8 Å². The highest BCUT2D eigenvalue weighted by Crippen LogP contribution is 2.31. The zero-order valence-electron chi connectivity index (χ0n) is 22.1. The Morgan fingerprint density at radius 1 is 0.795 bits per heavy atom. The zero-order valence-corrected chi connectivity index (χ0v) is 22.1. The van der Waals surface area contributed by atoms with E-state index < -0.39 is 12.6 Å². The normalized spacial score (nSPS) is 14.4. The minimum Gasteiger partial charge on any atom is -0.479 e. The number of carboxylic acids is 1. The summed E-state index contributed by atoms with van der Waals surface area (Å²) in [5.41, 5.74) is 7.69. The van der Waals surface area contributed by atoms with Crippen LogP contribution in [0.25, 0.3) is 11.1 Å². The maximum Gasteiger partial charge on any atom is 0.344 e. The molecule has 5 rings (SSSR count). The van der Waals surface area contributed by atoms with Crippen molar-refractivity contribution in [3.63, 3.8) is 0 Å². The van der Waals surface area contributed by atoms with Gasteiger partial charge in [-0.05, 0) is 46.9 Å². The van der Waals surface area contributed by atoms with Gasteiger partial charge in [0.05, 0.1) is 11.8 Å². The molecule has 1 aliphatic rings. The van der Waals surface area contributed by atoms with Crippen molar-refractivity contribution in [3.05, 3.63) is 126 Å². The molecule has 1 N–H and O–H groups in total. The van der Waals surface area contributed by atoms with Crippen LogP contribution < -0.4 is 4.90 Å². The van der Waals surface area contributed by atoms with Crippen LogP contribution in [0.3, 0.4) is 0 Å². The number of oxime groups is 1. The molecule has 0 atom stereocenters. The van der Waals surface area contributed by atoms with E-state index in [1.165, 1.54) is 16.8 Å². The Morgan fingerprint density at radius 3 is 2.00 bits per heavy atom. The van der Waals surface area contributed by atoms with Crippen LogP contribution in [-0.2, 0) is 9.63 Å². The minimum absolute atomic E-state index is 0.251. The molecule has 0 radical (unpaired) electrons. The van der Waals surface area contributed by atoms with Gasteiger partial charge in [0.25, 0.3) is 0 Å². The summed E-state index contributed by atoms with van der Waals surface area (Å²) in [6.45, 7) is 5.24. The summed E-state index contributed by atoms with van der Waals surface area (Å²) in [6, 6.07) is 38.6. The molecule has 0 aromatic heterocycles. The third-order valence-electron chi connectivity index (χ3n) is 7.15. The van der Waals surface area contributed by atoms with Crippen LogP contribution in [0.5, 0.6) is 0 Å². The van der Waals surface area contributed by atoms with Gasteiger partial charge >= 0.3 is 5.97 Å². The molecule has 4 aromatic rings.